The molecule has 0 aliphatic heterocycles. The van der Waals surface area contributed by atoms with Crippen molar-refractivity contribution in [1.29, 1.82) is 0 Å². The van der Waals surface area contributed by atoms with Crippen molar-refractivity contribution in [3.8, 4) is 0 Å². The minimum atomic E-state index is -0.0107. The van der Waals surface area contributed by atoms with Gasteiger partial charge in [0.25, 0.3) is 0 Å². The predicted octanol–water partition coefficient (Wildman–Crippen LogP) is 2.39. The molecule has 0 N–H and O–H groups in total. The van der Waals surface area contributed by atoms with E-state index in [1.807, 2.05) is 26.8 Å². The highest BCUT2D eigenvalue weighted by Crippen LogP contribution is 2.25. The van der Waals surface area contributed by atoms with Crippen LogP contribution < -0.4 is 0 Å². The Balaban J connectivity index is 3.12. The molecule has 0 fully saturated rings. The van der Waals surface area contributed by atoms with Crippen molar-refractivity contribution in [2.45, 2.75) is 26.2 Å². The van der Waals surface area contributed by atoms with Gasteiger partial charge in [-0.25, -0.2) is 0 Å². The molecule has 0 unspecified atom stereocenters. The lowest BCUT2D eigenvalue weighted by atomic mass is 9.87. The Morgan fingerprint density at radius 2 is 2.09 bits per heavy atom. The van der Waals surface area contributed by atoms with Crippen LogP contribution in [0.15, 0.2) is 16.7 Å². The van der Waals surface area contributed by atoms with Crippen molar-refractivity contribution in [2.75, 3.05) is 0 Å². The Hall–Kier alpha value is -1.05. The summed E-state index contributed by atoms with van der Waals surface area (Å²) in [6.07, 6.45) is 2.30. The maximum atomic E-state index is 10.4. The van der Waals surface area contributed by atoms with Gasteiger partial charge in [0, 0.05) is 5.56 Å². The molecule has 1 rings (SSSR count). The minimum Gasteiger partial charge on any atom is -0.461 e. The van der Waals surface area contributed by atoms with Crippen LogP contribution in [0.25, 0.3) is 0 Å². The van der Waals surface area contributed by atoms with E-state index in [1.165, 1.54) is 0 Å². The van der Waals surface area contributed by atoms with E-state index in [9.17, 15) is 4.79 Å². The number of hydrogen-bond donors (Lipinski definition) is 0. The van der Waals surface area contributed by atoms with Crippen molar-refractivity contribution in [1.82, 2.24) is 0 Å². The fraction of sp³-hybridized carbons (Fsp3) is 0.444. The average Bonchev–Trinajstić information content (AvgIpc) is 2.31. The largest absolute Gasteiger partial charge is 0.461 e. The summed E-state index contributed by atoms with van der Waals surface area (Å²) in [5.41, 5.74) is 0.955. The number of aldehydes is 1. The van der Waals surface area contributed by atoms with E-state index in [2.05, 4.69) is 0 Å². The standard InChI is InChI=1S/C9H12O2/c1-9(2,3)7-4-5-11-8(7)6-10/h4-6H,1-3H3. The molecular weight excluding hydrogens is 140 g/mol. The summed E-state index contributed by atoms with van der Waals surface area (Å²) in [7, 11) is 0. The molecule has 1 aromatic rings. The zero-order valence-electron chi connectivity index (χ0n) is 7.05. The van der Waals surface area contributed by atoms with Gasteiger partial charge in [0.2, 0.25) is 0 Å². The van der Waals surface area contributed by atoms with Gasteiger partial charge in [-0.05, 0) is 11.5 Å². The highest BCUT2D eigenvalue weighted by molar-refractivity contribution is 5.73. The first-order valence-electron chi connectivity index (χ1n) is 3.59. The fourth-order valence-corrected chi connectivity index (χ4v) is 1.03. The van der Waals surface area contributed by atoms with Crippen molar-refractivity contribution in [3.05, 3.63) is 23.7 Å². The number of carbonyl (C=O) groups is 1. The average molecular weight is 152 g/mol. The van der Waals surface area contributed by atoms with Gasteiger partial charge in [-0.1, -0.05) is 20.8 Å². The molecule has 2 nitrogen and oxygen atoms in total. The Morgan fingerprint density at radius 1 is 1.45 bits per heavy atom. The third kappa shape index (κ3) is 1.50. The van der Waals surface area contributed by atoms with Crippen molar-refractivity contribution >= 4 is 6.29 Å². The fourth-order valence-electron chi connectivity index (χ4n) is 1.03. The summed E-state index contributed by atoms with van der Waals surface area (Å²) in [5.74, 6) is 0.442. The molecule has 60 valence electrons. The molecule has 0 atom stereocenters. The van der Waals surface area contributed by atoms with E-state index >= 15 is 0 Å². The van der Waals surface area contributed by atoms with E-state index in [-0.39, 0.29) is 5.41 Å². The number of furan rings is 1. The monoisotopic (exact) mass is 152 g/mol. The molecule has 0 amide bonds. The normalized spacial score (nSPS) is 11.5. The van der Waals surface area contributed by atoms with Gasteiger partial charge in [-0.2, -0.15) is 0 Å². The molecule has 1 heterocycles. The van der Waals surface area contributed by atoms with Crippen LogP contribution in [-0.4, -0.2) is 6.29 Å². The predicted molar refractivity (Wildman–Crippen MR) is 42.8 cm³/mol. The topological polar surface area (TPSA) is 30.2 Å². The van der Waals surface area contributed by atoms with Gasteiger partial charge >= 0.3 is 0 Å². The summed E-state index contributed by atoms with van der Waals surface area (Å²) in [5, 5.41) is 0. The van der Waals surface area contributed by atoms with E-state index in [1.54, 1.807) is 6.26 Å². The summed E-state index contributed by atoms with van der Waals surface area (Å²) in [6.45, 7) is 6.14. The Morgan fingerprint density at radius 3 is 2.45 bits per heavy atom. The quantitative estimate of drug-likeness (QED) is 0.578. The second kappa shape index (κ2) is 2.53. The first-order chi connectivity index (χ1) is 5.05. The molecule has 0 saturated carbocycles. The lowest BCUT2D eigenvalue weighted by Gasteiger charge is -2.16. The van der Waals surface area contributed by atoms with Crippen molar-refractivity contribution in [2.24, 2.45) is 0 Å². The van der Waals surface area contributed by atoms with Gasteiger partial charge in [-0.15, -0.1) is 0 Å². The molecule has 0 radical (unpaired) electrons. The lowest BCUT2D eigenvalue weighted by molar-refractivity contribution is 0.109. The van der Waals surface area contributed by atoms with Crippen molar-refractivity contribution in [3.63, 3.8) is 0 Å². The van der Waals surface area contributed by atoms with Crippen LogP contribution in [0.3, 0.4) is 0 Å². The molecular formula is C9H12O2. The summed E-state index contributed by atoms with van der Waals surface area (Å²) >= 11 is 0. The first-order valence-corrected chi connectivity index (χ1v) is 3.59. The van der Waals surface area contributed by atoms with Crippen LogP contribution in [0, 0.1) is 0 Å². The van der Waals surface area contributed by atoms with Gasteiger partial charge < -0.3 is 4.42 Å². The second-order valence-corrected chi connectivity index (χ2v) is 3.57. The van der Waals surface area contributed by atoms with Gasteiger partial charge in [0.05, 0.1) is 6.26 Å². The van der Waals surface area contributed by atoms with E-state index in [4.69, 9.17) is 4.42 Å². The van der Waals surface area contributed by atoms with Crippen LogP contribution in [0.5, 0.6) is 0 Å². The highest BCUT2D eigenvalue weighted by atomic mass is 16.3. The minimum absolute atomic E-state index is 0.0107. The number of rotatable bonds is 1. The second-order valence-electron chi connectivity index (χ2n) is 3.57. The third-order valence-corrected chi connectivity index (χ3v) is 1.61. The maximum absolute atomic E-state index is 10.4. The number of carbonyl (C=O) groups excluding carboxylic acids is 1. The van der Waals surface area contributed by atoms with Gasteiger partial charge in [0.15, 0.2) is 12.0 Å². The zero-order valence-corrected chi connectivity index (χ0v) is 7.05. The van der Waals surface area contributed by atoms with Gasteiger partial charge in [0.1, 0.15) is 0 Å². The molecule has 0 aliphatic carbocycles. The zero-order chi connectivity index (χ0) is 8.48. The molecule has 1 aromatic heterocycles. The Labute approximate surface area is 66.2 Å². The Kier molecular flexibility index (Phi) is 1.85. The lowest BCUT2D eigenvalue weighted by Crippen LogP contribution is -2.11. The van der Waals surface area contributed by atoms with Gasteiger partial charge in [-0.3, -0.25) is 4.79 Å². The highest BCUT2D eigenvalue weighted by Gasteiger charge is 2.19. The molecule has 0 bridgehead atoms. The maximum Gasteiger partial charge on any atom is 0.185 e. The summed E-state index contributed by atoms with van der Waals surface area (Å²) in [6, 6.07) is 1.84. The third-order valence-electron chi connectivity index (χ3n) is 1.61. The van der Waals surface area contributed by atoms with Crippen LogP contribution >= 0.6 is 0 Å². The SMILES string of the molecule is CC(C)(C)c1ccoc1C=O. The van der Waals surface area contributed by atoms with Crippen LogP contribution in [0.2, 0.25) is 0 Å². The van der Waals surface area contributed by atoms with Crippen LogP contribution in [-0.2, 0) is 5.41 Å². The first kappa shape index (κ1) is 8.05. The van der Waals surface area contributed by atoms with E-state index in [0.717, 1.165) is 11.8 Å². The molecule has 11 heavy (non-hydrogen) atoms. The molecule has 2 heteroatoms. The van der Waals surface area contributed by atoms with E-state index in [0.29, 0.717) is 5.76 Å². The summed E-state index contributed by atoms with van der Waals surface area (Å²) < 4.78 is 4.97. The summed E-state index contributed by atoms with van der Waals surface area (Å²) in [4.78, 5) is 10.4. The Bertz CT molecular complexity index is 253. The molecule has 0 aromatic carbocycles. The number of hydrogen-bond acceptors (Lipinski definition) is 2. The van der Waals surface area contributed by atoms with Crippen LogP contribution in [0.4, 0.5) is 0 Å². The molecule has 0 aliphatic rings. The van der Waals surface area contributed by atoms with E-state index < -0.39 is 0 Å². The van der Waals surface area contributed by atoms with Crippen molar-refractivity contribution < 1.29 is 9.21 Å². The smallest absolute Gasteiger partial charge is 0.185 e. The molecule has 0 saturated heterocycles. The molecule has 0 spiro atoms. The van der Waals surface area contributed by atoms with Crippen LogP contribution in [0.1, 0.15) is 36.9 Å².